The van der Waals surface area contributed by atoms with Crippen LogP contribution in [0.15, 0.2) is 0 Å². The lowest BCUT2D eigenvalue weighted by molar-refractivity contribution is 0.0589. The molecule has 0 aliphatic heterocycles. The molecule has 58 valence electrons. The fourth-order valence-electron chi connectivity index (χ4n) is 1.25. The van der Waals surface area contributed by atoms with Crippen LogP contribution in [0, 0.1) is 11.3 Å². The van der Waals surface area contributed by atoms with Crippen LogP contribution in [0.2, 0.25) is 0 Å². The zero-order chi connectivity index (χ0) is 6.74. The van der Waals surface area contributed by atoms with Crippen molar-refractivity contribution in [1.82, 2.24) is 0 Å². The largest absolute Gasteiger partial charge is 0.375 e. The summed E-state index contributed by atoms with van der Waals surface area (Å²) < 4.78 is 0. The highest BCUT2D eigenvalue weighted by Crippen LogP contribution is 2.26. The van der Waals surface area contributed by atoms with Crippen molar-refractivity contribution < 1.29 is 5.11 Å². The summed E-state index contributed by atoms with van der Waals surface area (Å²) >= 11 is 0. The van der Waals surface area contributed by atoms with Crippen LogP contribution in [0.4, 0.5) is 0 Å². The van der Waals surface area contributed by atoms with Crippen molar-refractivity contribution in [2.75, 3.05) is 0 Å². The first-order valence-electron chi connectivity index (χ1n) is 3.40. The molecule has 1 aliphatic carbocycles. The third-order valence-corrected chi connectivity index (χ3v) is 1.89. The van der Waals surface area contributed by atoms with E-state index in [0.29, 0.717) is 12.8 Å². The van der Waals surface area contributed by atoms with Gasteiger partial charge >= 0.3 is 0 Å². The molecule has 0 spiro atoms. The van der Waals surface area contributed by atoms with Crippen LogP contribution in [0.25, 0.3) is 0 Å². The minimum atomic E-state index is -0.974. The monoisotopic (exact) mass is 141 g/mol. The summed E-state index contributed by atoms with van der Waals surface area (Å²) in [6.45, 7) is 0. The van der Waals surface area contributed by atoms with Crippen molar-refractivity contribution in [1.29, 1.82) is 5.26 Å². The molecular weight excluding hydrogens is 126 g/mol. The Labute approximate surface area is 62.5 Å². The smallest absolute Gasteiger partial charge is 0.151 e. The van der Waals surface area contributed by atoms with E-state index in [1.165, 1.54) is 6.42 Å². The van der Waals surface area contributed by atoms with Crippen molar-refractivity contribution in [2.45, 2.75) is 45.1 Å². The van der Waals surface area contributed by atoms with E-state index in [2.05, 4.69) is 0 Å². The summed E-state index contributed by atoms with van der Waals surface area (Å²) in [5.74, 6) is 0. The first-order valence-corrected chi connectivity index (χ1v) is 3.40. The number of hydrogen-bond donors (Lipinski definition) is 1. The molecule has 0 saturated heterocycles. The Bertz CT molecular complexity index is 131. The quantitative estimate of drug-likeness (QED) is 0.523. The molecule has 1 N–H and O–H groups in total. The molecule has 1 rings (SSSR count). The van der Waals surface area contributed by atoms with E-state index < -0.39 is 5.60 Å². The average Bonchev–Trinajstić information content (AvgIpc) is 1.90. The Morgan fingerprint density at radius 1 is 1.20 bits per heavy atom. The maximum absolute atomic E-state index is 9.32. The van der Waals surface area contributed by atoms with Gasteiger partial charge in [-0.15, -0.1) is 0 Å². The first kappa shape index (κ1) is 9.45. The number of aliphatic hydroxyl groups is 1. The second-order valence-corrected chi connectivity index (χ2v) is 2.70. The minimum Gasteiger partial charge on any atom is -0.375 e. The number of hydrogen-bond acceptors (Lipinski definition) is 2. The molecular formula is C8H15NO. The van der Waals surface area contributed by atoms with Crippen LogP contribution in [-0.4, -0.2) is 10.7 Å². The summed E-state index contributed by atoms with van der Waals surface area (Å²) in [4.78, 5) is 0. The lowest BCUT2D eigenvalue weighted by atomic mass is 9.86. The van der Waals surface area contributed by atoms with E-state index in [0.717, 1.165) is 12.8 Å². The number of nitriles is 1. The molecule has 0 aromatic carbocycles. The van der Waals surface area contributed by atoms with E-state index in [1.807, 2.05) is 6.07 Å². The van der Waals surface area contributed by atoms with Gasteiger partial charge in [-0.1, -0.05) is 13.8 Å². The third kappa shape index (κ3) is 2.00. The molecule has 1 saturated carbocycles. The molecule has 0 aromatic heterocycles. The minimum absolute atomic E-state index is 0. The molecule has 1 aliphatic rings. The van der Waals surface area contributed by atoms with Gasteiger partial charge in [0.2, 0.25) is 0 Å². The zero-order valence-corrected chi connectivity index (χ0v) is 5.43. The summed E-state index contributed by atoms with van der Waals surface area (Å²) in [5, 5.41) is 17.8. The standard InChI is InChI=1S/C7H11NO.CH4/c8-6-7(9)4-2-1-3-5-7;/h9H,1-5H2;1H4. The van der Waals surface area contributed by atoms with Crippen LogP contribution < -0.4 is 0 Å². The third-order valence-electron chi connectivity index (χ3n) is 1.89. The maximum Gasteiger partial charge on any atom is 0.151 e. The normalized spacial score (nSPS) is 22.4. The lowest BCUT2D eigenvalue weighted by Gasteiger charge is -2.24. The van der Waals surface area contributed by atoms with Gasteiger partial charge in [0.1, 0.15) is 0 Å². The first-order chi connectivity index (χ1) is 4.27. The molecule has 1 fully saturated rings. The van der Waals surface area contributed by atoms with Crippen LogP contribution in [0.5, 0.6) is 0 Å². The molecule has 2 nitrogen and oxygen atoms in total. The van der Waals surface area contributed by atoms with Crippen molar-refractivity contribution in [3.63, 3.8) is 0 Å². The second-order valence-electron chi connectivity index (χ2n) is 2.70. The van der Waals surface area contributed by atoms with Crippen molar-refractivity contribution in [3.05, 3.63) is 0 Å². The summed E-state index contributed by atoms with van der Waals surface area (Å²) in [6.07, 6.45) is 4.52. The Balaban J connectivity index is 0.000000810. The van der Waals surface area contributed by atoms with Gasteiger partial charge in [-0.2, -0.15) is 5.26 Å². The van der Waals surface area contributed by atoms with Crippen LogP contribution in [0.1, 0.15) is 39.5 Å². The van der Waals surface area contributed by atoms with Crippen LogP contribution in [0.3, 0.4) is 0 Å². The van der Waals surface area contributed by atoms with E-state index in [9.17, 15) is 5.11 Å². The molecule has 0 heterocycles. The predicted molar refractivity (Wildman–Crippen MR) is 40.4 cm³/mol. The maximum atomic E-state index is 9.32. The van der Waals surface area contributed by atoms with Crippen LogP contribution >= 0.6 is 0 Å². The predicted octanol–water partition coefficient (Wildman–Crippen LogP) is 1.84. The summed E-state index contributed by atoms with van der Waals surface area (Å²) in [6, 6.07) is 1.94. The van der Waals surface area contributed by atoms with E-state index >= 15 is 0 Å². The molecule has 0 amide bonds. The van der Waals surface area contributed by atoms with Gasteiger partial charge in [0.05, 0.1) is 6.07 Å². The van der Waals surface area contributed by atoms with E-state index in [-0.39, 0.29) is 7.43 Å². The van der Waals surface area contributed by atoms with Gasteiger partial charge in [0.25, 0.3) is 0 Å². The highest BCUT2D eigenvalue weighted by Gasteiger charge is 2.28. The molecule has 0 bridgehead atoms. The topological polar surface area (TPSA) is 44.0 Å². The molecule has 10 heavy (non-hydrogen) atoms. The van der Waals surface area contributed by atoms with Crippen molar-refractivity contribution in [3.8, 4) is 6.07 Å². The SMILES string of the molecule is C.N#CC1(O)CCCCC1. The lowest BCUT2D eigenvalue weighted by Crippen LogP contribution is -2.28. The fourth-order valence-corrected chi connectivity index (χ4v) is 1.25. The Morgan fingerprint density at radius 3 is 2.00 bits per heavy atom. The number of rotatable bonds is 0. The van der Waals surface area contributed by atoms with Crippen LogP contribution in [-0.2, 0) is 0 Å². The molecule has 2 heteroatoms. The average molecular weight is 141 g/mol. The highest BCUT2D eigenvalue weighted by molar-refractivity contribution is 5.01. The Morgan fingerprint density at radius 2 is 1.70 bits per heavy atom. The Hall–Kier alpha value is -0.550. The van der Waals surface area contributed by atoms with Gasteiger partial charge < -0.3 is 5.11 Å². The second kappa shape index (κ2) is 3.58. The Kier molecular flexibility index (Phi) is 3.38. The highest BCUT2D eigenvalue weighted by atomic mass is 16.3. The van der Waals surface area contributed by atoms with Gasteiger partial charge in [-0.25, -0.2) is 0 Å². The fraction of sp³-hybridized carbons (Fsp3) is 0.875. The van der Waals surface area contributed by atoms with Gasteiger partial charge in [-0.05, 0) is 25.7 Å². The molecule has 0 unspecified atom stereocenters. The summed E-state index contributed by atoms with van der Waals surface area (Å²) in [7, 11) is 0. The van der Waals surface area contributed by atoms with Gasteiger partial charge in [0.15, 0.2) is 5.60 Å². The summed E-state index contributed by atoms with van der Waals surface area (Å²) in [5.41, 5.74) is -0.974. The van der Waals surface area contributed by atoms with E-state index in [1.54, 1.807) is 0 Å². The molecule has 0 atom stereocenters. The molecule has 0 radical (unpaired) electrons. The van der Waals surface area contributed by atoms with E-state index in [4.69, 9.17) is 5.26 Å². The van der Waals surface area contributed by atoms with Gasteiger partial charge in [-0.3, -0.25) is 0 Å². The zero-order valence-electron chi connectivity index (χ0n) is 5.43. The molecule has 0 aromatic rings. The number of nitrogens with zero attached hydrogens (tertiary/aromatic N) is 1. The van der Waals surface area contributed by atoms with Gasteiger partial charge in [0, 0.05) is 0 Å². The van der Waals surface area contributed by atoms with Crippen molar-refractivity contribution >= 4 is 0 Å². The van der Waals surface area contributed by atoms with Crippen molar-refractivity contribution in [2.24, 2.45) is 0 Å².